The van der Waals surface area contributed by atoms with Gasteiger partial charge in [0.05, 0.1) is 18.1 Å². The molecule has 0 amide bonds. The first-order valence-electron chi connectivity index (χ1n) is 4.66. The summed E-state index contributed by atoms with van der Waals surface area (Å²) in [6.45, 7) is 1.78. The van der Waals surface area contributed by atoms with Crippen LogP contribution in [0.5, 0.6) is 0 Å². The van der Waals surface area contributed by atoms with E-state index in [1.807, 2.05) is 0 Å². The van der Waals surface area contributed by atoms with Crippen LogP contribution in [0.3, 0.4) is 0 Å². The number of nitrogens with zero attached hydrogens (tertiary/aromatic N) is 3. The summed E-state index contributed by atoms with van der Waals surface area (Å²) >= 11 is 0. The third kappa shape index (κ3) is 2.51. The van der Waals surface area contributed by atoms with Crippen molar-refractivity contribution in [1.82, 2.24) is 9.78 Å². The molecule has 2 rings (SSSR count). The monoisotopic (exact) mass is 213 g/mol. The fraction of sp³-hybridized carbons (Fsp3) is 0.625. The van der Waals surface area contributed by atoms with Crippen molar-refractivity contribution in [1.29, 1.82) is 0 Å². The number of hydrogen-bond acceptors (Lipinski definition) is 5. The standard InChI is InChI=1S/C8H11N3O4/c12-11(13)7-5-9-10(6-7)2-1-8-14-3-4-15-8/h5-6,8H,1-4H2. The molecule has 1 aliphatic heterocycles. The smallest absolute Gasteiger partial charge is 0.306 e. The van der Waals surface area contributed by atoms with Gasteiger partial charge in [0.2, 0.25) is 0 Å². The molecular weight excluding hydrogens is 202 g/mol. The average Bonchev–Trinajstić information content (AvgIpc) is 2.86. The second-order valence-corrected chi connectivity index (χ2v) is 3.18. The van der Waals surface area contributed by atoms with Gasteiger partial charge in [0.15, 0.2) is 6.29 Å². The fourth-order valence-electron chi connectivity index (χ4n) is 1.38. The van der Waals surface area contributed by atoms with Crippen molar-refractivity contribution in [2.24, 2.45) is 0 Å². The number of ether oxygens (including phenoxy) is 2. The van der Waals surface area contributed by atoms with Gasteiger partial charge in [-0.2, -0.15) is 5.10 Å². The number of aryl methyl sites for hydroxylation is 1. The number of aromatic nitrogens is 2. The van der Waals surface area contributed by atoms with Gasteiger partial charge in [-0.25, -0.2) is 0 Å². The van der Waals surface area contributed by atoms with Crippen LogP contribution >= 0.6 is 0 Å². The summed E-state index contributed by atoms with van der Waals surface area (Å²) in [6.07, 6.45) is 3.08. The molecule has 0 unspecified atom stereocenters. The van der Waals surface area contributed by atoms with Crippen molar-refractivity contribution in [3.8, 4) is 0 Å². The maximum Gasteiger partial charge on any atom is 0.306 e. The van der Waals surface area contributed by atoms with Gasteiger partial charge in [0.25, 0.3) is 0 Å². The summed E-state index contributed by atoms with van der Waals surface area (Å²) in [6, 6.07) is 0. The summed E-state index contributed by atoms with van der Waals surface area (Å²) < 4.78 is 12.0. The van der Waals surface area contributed by atoms with Crippen LogP contribution in [0.25, 0.3) is 0 Å². The van der Waals surface area contributed by atoms with Crippen LogP contribution in [-0.4, -0.2) is 34.2 Å². The molecule has 0 spiro atoms. The molecule has 15 heavy (non-hydrogen) atoms. The highest BCUT2D eigenvalue weighted by atomic mass is 16.7. The van der Waals surface area contributed by atoms with Gasteiger partial charge >= 0.3 is 5.69 Å². The lowest BCUT2D eigenvalue weighted by molar-refractivity contribution is -0.385. The van der Waals surface area contributed by atoms with Crippen molar-refractivity contribution in [3.05, 3.63) is 22.5 Å². The van der Waals surface area contributed by atoms with Crippen LogP contribution in [0, 0.1) is 10.1 Å². The van der Waals surface area contributed by atoms with Gasteiger partial charge in [0, 0.05) is 13.0 Å². The normalized spacial score (nSPS) is 17.1. The van der Waals surface area contributed by atoms with E-state index < -0.39 is 4.92 Å². The topological polar surface area (TPSA) is 79.4 Å². The molecule has 1 aromatic rings. The maximum absolute atomic E-state index is 10.4. The molecule has 1 aliphatic rings. The first kappa shape index (κ1) is 10.1. The Bertz CT molecular complexity index is 345. The minimum absolute atomic E-state index is 0.00302. The molecule has 1 aromatic heterocycles. The third-order valence-corrected chi connectivity index (χ3v) is 2.12. The molecular formula is C8H11N3O4. The van der Waals surface area contributed by atoms with Crippen molar-refractivity contribution < 1.29 is 14.4 Å². The lowest BCUT2D eigenvalue weighted by Gasteiger charge is -2.07. The molecule has 0 N–H and O–H groups in total. The third-order valence-electron chi connectivity index (χ3n) is 2.12. The molecule has 0 aliphatic carbocycles. The van der Waals surface area contributed by atoms with E-state index in [9.17, 15) is 10.1 Å². The Kier molecular flexibility index (Phi) is 2.93. The Morgan fingerprint density at radius 3 is 2.93 bits per heavy atom. The molecule has 0 aromatic carbocycles. The van der Waals surface area contributed by atoms with Crippen LogP contribution < -0.4 is 0 Å². The number of rotatable bonds is 4. The van der Waals surface area contributed by atoms with E-state index in [1.54, 1.807) is 0 Å². The lowest BCUT2D eigenvalue weighted by atomic mass is 10.4. The van der Waals surface area contributed by atoms with Crippen LogP contribution in [0.15, 0.2) is 12.4 Å². The molecule has 2 heterocycles. The van der Waals surface area contributed by atoms with Gasteiger partial charge in [-0.15, -0.1) is 0 Å². The van der Waals surface area contributed by atoms with Gasteiger partial charge in [-0.05, 0) is 0 Å². The molecule has 0 radical (unpaired) electrons. The van der Waals surface area contributed by atoms with E-state index in [0.717, 1.165) is 0 Å². The van der Waals surface area contributed by atoms with Crippen molar-refractivity contribution in [3.63, 3.8) is 0 Å². The largest absolute Gasteiger partial charge is 0.350 e. The van der Waals surface area contributed by atoms with E-state index in [2.05, 4.69) is 5.10 Å². The quantitative estimate of drug-likeness (QED) is 0.539. The van der Waals surface area contributed by atoms with E-state index in [1.165, 1.54) is 17.1 Å². The Morgan fingerprint density at radius 1 is 1.60 bits per heavy atom. The Hall–Kier alpha value is -1.47. The first-order valence-corrected chi connectivity index (χ1v) is 4.66. The van der Waals surface area contributed by atoms with E-state index >= 15 is 0 Å². The lowest BCUT2D eigenvalue weighted by Crippen LogP contribution is -2.12. The van der Waals surface area contributed by atoms with Gasteiger partial charge in [-0.1, -0.05) is 0 Å². The molecule has 7 heteroatoms. The first-order chi connectivity index (χ1) is 7.25. The summed E-state index contributed by atoms with van der Waals surface area (Å²) in [7, 11) is 0. The Labute approximate surface area is 85.7 Å². The Morgan fingerprint density at radius 2 is 2.33 bits per heavy atom. The SMILES string of the molecule is O=[N+]([O-])c1cnn(CCC2OCCO2)c1. The molecule has 0 bridgehead atoms. The zero-order chi connectivity index (χ0) is 10.7. The second-order valence-electron chi connectivity index (χ2n) is 3.18. The number of nitro groups is 1. The molecule has 7 nitrogen and oxygen atoms in total. The van der Waals surface area contributed by atoms with Gasteiger partial charge < -0.3 is 9.47 Å². The fourth-order valence-corrected chi connectivity index (χ4v) is 1.38. The van der Waals surface area contributed by atoms with Gasteiger partial charge in [0.1, 0.15) is 12.4 Å². The zero-order valence-electron chi connectivity index (χ0n) is 8.04. The van der Waals surface area contributed by atoms with Crippen LogP contribution in [0.4, 0.5) is 5.69 Å². The zero-order valence-corrected chi connectivity index (χ0v) is 8.04. The van der Waals surface area contributed by atoms with E-state index in [0.29, 0.717) is 26.2 Å². The minimum atomic E-state index is -0.466. The van der Waals surface area contributed by atoms with Crippen molar-refractivity contribution in [2.75, 3.05) is 13.2 Å². The van der Waals surface area contributed by atoms with Gasteiger partial charge in [-0.3, -0.25) is 14.8 Å². The molecule has 1 saturated heterocycles. The molecule has 0 saturated carbocycles. The Balaban J connectivity index is 1.84. The van der Waals surface area contributed by atoms with Crippen molar-refractivity contribution >= 4 is 5.69 Å². The van der Waals surface area contributed by atoms with Crippen LogP contribution in [-0.2, 0) is 16.0 Å². The highest BCUT2D eigenvalue weighted by Crippen LogP contribution is 2.11. The van der Waals surface area contributed by atoms with Crippen LogP contribution in [0.1, 0.15) is 6.42 Å². The molecule has 1 fully saturated rings. The second kappa shape index (κ2) is 4.37. The summed E-state index contributed by atoms with van der Waals surface area (Å²) in [4.78, 5) is 9.91. The summed E-state index contributed by atoms with van der Waals surface area (Å²) in [5, 5.41) is 14.2. The molecule has 0 atom stereocenters. The van der Waals surface area contributed by atoms with E-state index in [4.69, 9.17) is 9.47 Å². The van der Waals surface area contributed by atoms with E-state index in [-0.39, 0.29) is 12.0 Å². The summed E-state index contributed by atoms with van der Waals surface area (Å²) in [5.41, 5.74) is 0.00302. The average molecular weight is 213 g/mol. The number of hydrogen-bond donors (Lipinski definition) is 0. The highest BCUT2D eigenvalue weighted by Gasteiger charge is 2.16. The highest BCUT2D eigenvalue weighted by molar-refractivity contribution is 5.20. The predicted octanol–water partition coefficient (Wildman–Crippen LogP) is 0.554. The predicted molar refractivity (Wildman–Crippen MR) is 49.2 cm³/mol. The molecule has 82 valence electrons. The maximum atomic E-state index is 10.4. The summed E-state index contributed by atoms with van der Waals surface area (Å²) in [5.74, 6) is 0. The van der Waals surface area contributed by atoms with Crippen molar-refractivity contribution in [2.45, 2.75) is 19.3 Å². The minimum Gasteiger partial charge on any atom is -0.350 e. The van der Waals surface area contributed by atoms with Crippen LogP contribution in [0.2, 0.25) is 0 Å².